The van der Waals surface area contributed by atoms with Crippen molar-refractivity contribution in [2.24, 2.45) is 5.73 Å². The fourth-order valence-corrected chi connectivity index (χ4v) is 1.63. The summed E-state index contributed by atoms with van der Waals surface area (Å²) in [7, 11) is 0. The van der Waals surface area contributed by atoms with Crippen molar-refractivity contribution in [3.8, 4) is 11.5 Å². The Bertz CT molecular complexity index is 336. The summed E-state index contributed by atoms with van der Waals surface area (Å²) < 4.78 is 5.47. The van der Waals surface area contributed by atoms with Gasteiger partial charge in [0.2, 0.25) is 0 Å². The van der Waals surface area contributed by atoms with E-state index in [0.29, 0.717) is 6.61 Å². The molecule has 3 N–H and O–H groups in total. The molecule has 0 saturated carbocycles. The first-order valence-electron chi connectivity index (χ1n) is 4.41. The van der Waals surface area contributed by atoms with Crippen molar-refractivity contribution in [3.05, 3.63) is 23.3 Å². The molecular weight excluding hydrogens is 166 g/mol. The zero-order chi connectivity index (χ0) is 9.42. The van der Waals surface area contributed by atoms with Gasteiger partial charge in [0.1, 0.15) is 11.5 Å². The number of ether oxygens (including phenoxy) is 1. The monoisotopic (exact) mass is 179 g/mol. The normalized spacial score (nSPS) is 20.6. The standard InChI is InChI=1S/C10H13NO2/c1-6-9(12)3-2-7-8(11)4-5-13-10(6)7/h2-3,8,12H,4-5,11H2,1H3/t8-/m0/s1. The van der Waals surface area contributed by atoms with E-state index in [9.17, 15) is 5.11 Å². The van der Waals surface area contributed by atoms with Gasteiger partial charge < -0.3 is 15.6 Å². The average Bonchev–Trinajstić information content (AvgIpc) is 2.12. The molecule has 13 heavy (non-hydrogen) atoms. The van der Waals surface area contributed by atoms with Crippen LogP contribution < -0.4 is 10.5 Å². The van der Waals surface area contributed by atoms with E-state index in [4.69, 9.17) is 10.5 Å². The maximum absolute atomic E-state index is 9.44. The summed E-state index contributed by atoms with van der Waals surface area (Å²) in [5.41, 5.74) is 7.69. The van der Waals surface area contributed by atoms with E-state index in [1.807, 2.05) is 13.0 Å². The molecule has 70 valence electrons. The number of hydrogen-bond donors (Lipinski definition) is 2. The van der Waals surface area contributed by atoms with Gasteiger partial charge in [-0.15, -0.1) is 0 Å². The second kappa shape index (κ2) is 2.92. The van der Waals surface area contributed by atoms with Crippen LogP contribution in [0.1, 0.15) is 23.6 Å². The van der Waals surface area contributed by atoms with Crippen LogP contribution in [0.15, 0.2) is 12.1 Å². The van der Waals surface area contributed by atoms with Crippen LogP contribution in [0, 0.1) is 6.92 Å². The molecule has 1 heterocycles. The van der Waals surface area contributed by atoms with E-state index in [1.165, 1.54) is 0 Å². The van der Waals surface area contributed by atoms with Gasteiger partial charge in [-0.2, -0.15) is 0 Å². The fourth-order valence-electron chi connectivity index (χ4n) is 1.63. The van der Waals surface area contributed by atoms with Gasteiger partial charge in [0, 0.05) is 23.6 Å². The number of fused-ring (bicyclic) bond motifs is 1. The summed E-state index contributed by atoms with van der Waals surface area (Å²) in [6.07, 6.45) is 0.844. The van der Waals surface area contributed by atoms with E-state index < -0.39 is 0 Å². The molecule has 0 bridgehead atoms. The number of hydrogen-bond acceptors (Lipinski definition) is 3. The third kappa shape index (κ3) is 1.25. The molecule has 3 nitrogen and oxygen atoms in total. The Balaban J connectivity index is 2.56. The van der Waals surface area contributed by atoms with Crippen LogP contribution >= 0.6 is 0 Å². The predicted molar refractivity (Wildman–Crippen MR) is 49.9 cm³/mol. The van der Waals surface area contributed by atoms with Crippen molar-refractivity contribution in [3.63, 3.8) is 0 Å². The van der Waals surface area contributed by atoms with Crippen molar-refractivity contribution >= 4 is 0 Å². The average molecular weight is 179 g/mol. The molecule has 1 aliphatic heterocycles. The number of phenols is 1. The first-order valence-corrected chi connectivity index (χ1v) is 4.41. The number of benzene rings is 1. The molecule has 0 amide bonds. The Labute approximate surface area is 77.1 Å². The number of phenolic OH excluding ortho intramolecular Hbond substituents is 1. The lowest BCUT2D eigenvalue weighted by Crippen LogP contribution is -2.21. The van der Waals surface area contributed by atoms with E-state index in [-0.39, 0.29) is 11.8 Å². The molecule has 0 saturated heterocycles. The zero-order valence-electron chi connectivity index (χ0n) is 7.58. The lowest BCUT2D eigenvalue weighted by Gasteiger charge is -2.24. The molecule has 0 unspecified atom stereocenters. The van der Waals surface area contributed by atoms with Crippen molar-refractivity contribution in [2.45, 2.75) is 19.4 Å². The first kappa shape index (κ1) is 8.38. The smallest absolute Gasteiger partial charge is 0.130 e. The van der Waals surface area contributed by atoms with Crippen LogP contribution in [-0.2, 0) is 0 Å². The van der Waals surface area contributed by atoms with Crippen LogP contribution in [0.4, 0.5) is 0 Å². The molecule has 0 aliphatic carbocycles. The largest absolute Gasteiger partial charge is 0.508 e. The van der Waals surface area contributed by atoms with Gasteiger partial charge in [0.05, 0.1) is 6.61 Å². The summed E-state index contributed by atoms with van der Waals surface area (Å²) in [4.78, 5) is 0. The summed E-state index contributed by atoms with van der Waals surface area (Å²) in [6.45, 7) is 2.48. The van der Waals surface area contributed by atoms with Gasteiger partial charge in [-0.3, -0.25) is 0 Å². The second-order valence-corrected chi connectivity index (χ2v) is 3.37. The van der Waals surface area contributed by atoms with Gasteiger partial charge in [0.15, 0.2) is 0 Å². The quantitative estimate of drug-likeness (QED) is 0.634. The molecule has 1 aromatic rings. The van der Waals surface area contributed by atoms with E-state index in [1.54, 1.807) is 6.07 Å². The minimum Gasteiger partial charge on any atom is -0.508 e. The summed E-state index contributed by atoms with van der Waals surface area (Å²) >= 11 is 0. The summed E-state index contributed by atoms with van der Waals surface area (Å²) in [5, 5.41) is 9.44. The highest BCUT2D eigenvalue weighted by atomic mass is 16.5. The Hall–Kier alpha value is -1.22. The first-order chi connectivity index (χ1) is 6.20. The molecule has 1 atom stereocenters. The van der Waals surface area contributed by atoms with Gasteiger partial charge in [0.25, 0.3) is 0 Å². The Morgan fingerprint density at radius 3 is 3.08 bits per heavy atom. The van der Waals surface area contributed by atoms with Gasteiger partial charge in [-0.05, 0) is 13.0 Å². The van der Waals surface area contributed by atoms with Crippen LogP contribution in [0.25, 0.3) is 0 Å². The maximum Gasteiger partial charge on any atom is 0.130 e. The van der Waals surface area contributed by atoms with Gasteiger partial charge >= 0.3 is 0 Å². The van der Waals surface area contributed by atoms with Crippen molar-refractivity contribution in [1.29, 1.82) is 0 Å². The third-order valence-electron chi connectivity index (χ3n) is 2.48. The van der Waals surface area contributed by atoms with Crippen LogP contribution in [0.3, 0.4) is 0 Å². The molecule has 0 fully saturated rings. The van der Waals surface area contributed by atoms with E-state index >= 15 is 0 Å². The number of nitrogens with two attached hydrogens (primary N) is 1. The SMILES string of the molecule is Cc1c(O)ccc2c1OCC[C@@H]2N. The lowest BCUT2D eigenvalue weighted by atomic mass is 9.98. The molecule has 0 radical (unpaired) electrons. The Morgan fingerprint density at radius 2 is 2.31 bits per heavy atom. The number of aromatic hydroxyl groups is 1. The van der Waals surface area contributed by atoms with Crippen molar-refractivity contribution < 1.29 is 9.84 Å². The second-order valence-electron chi connectivity index (χ2n) is 3.37. The Kier molecular flexibility index (Phi) is 1.88. The molecule has 0 spiro atoms. The van der Waals surface area contributed by atoms with E-state index in [2.05, 4.69) is 0 Å². The molecule has 2 rings (SSSR count). The van der Waals surface area contributed by atoms with Crippen LogP contribution in [0.5, 0.6) is 11.5 Å². The number of rotatable bonds is 0. The minimum atomic E-state index is 0.0445. The van der Waals surface area contributed by atoms with Crippen molar-refractivity contribution in [1.82, 2.24) is 0 Å². The predicted octanol–water partition coefficient (Wildman–Crippen LogP) is 1.48. The molecular formula is C10H13NO2. The molecule has 1 aromatic carbocycles. The highest BCUT2D eigenvalue weighted by molar-refractivity contribution is 5.50. The Morgan fingerprint density at radius 1 is 1.54 bits per heavy atom. The van der Waals surface area contributed by atoms with Gasteiger partial charge in [-0.1, -0.05) is 6.07 Å². The zero-order valence-corrected chi connectivity index (χ0v) is 7.58. The molecule has 3 heteroatoms. The van der Waals surface area contributed by atoms with Crippen molar-refractivity contribution in [2.75, 3.05) is 6.61 Å². The van der Waals surface area contributed by atoms with Crippen LogP contribution in [-0.4, -0.2) is 11.7 Å². The maximum atomic E-state index is 9.44. The highest BCUT2D eigenvalue weighted by Crippen LogP contribution is 2.37. The summed E-state index contributed by atoms with van der Waals surface area (Å²) in [5.74, 6) is 1.03. The molecule has 1 aliphatic rings. The van der Waals surface area contributed by atoms with Gasteiger partial charge in [-0.25, -0.2) is 0 Å². The van der Waals surface area contributed by atoms with E-state index in [0.717, 1.165) is 23.3 Å². The minimum absolute atomic E-state index is 0.0445. The third-order valence-corrected chi connectivity index (χ3v) is 2.48. The topological polar surface area (TPSA) is 55.5 Å². The molecule has 0 aromatic heterocycles. The lowest BCUT2D eigenvalue weighted by molar-refractivity contribution is 0.265. The fraction of sp³-hybridized carbons (Fsp3) is 0.400. The van der Waals surface area contributed by atoms with Crippen LogP contribution in [0.2, 0.25) is 0 Å². The highest BCUT2D eigenvalue weighted by Gasteiger charge is 2.20. The summed E-state index contributed by atoms with van der Waals surface area (Å²) in [6, 6.07) is 3.55.